The molecule has 0 spiro atoms. The number of hydrogen-bond acceptors (Lipinski definition) is 1. The summed E-state index contributed by atoms with van der Waals surface area (Å²) in [6, 6.07) is 23.6. The van der Waals surface area contributed by atoms with Crippen molar-refractivity contribution in [1.29, 1.82) is 0 Å². The van der Waals surface area contributed by atoms with E-state index in [1.165, 1.54) is 21.9 Å². The van der Waals surface area contributed by atoms with Crippen LogP contribution in [-0.2, 0) is 0 Å². The molecule has 0 N–H and O–H groups in total. The molecule has 1 aliphatic heterocycles. The smallest absolute Gasteiger partial charge is 0.130 e. The van der Waals surface area contributed by atoms with E-state index in [4.69, 9.17) is 4.74 Å². The Morgan fingerprint density at radius 3 is 2.50 bits per heavy atom. The molecule has 1 aliphatic rings. The number of ether oxygens (including phenoxy) is 1. The molecule has 98 valence electrons. The molecular formula is C19H16O. The molecule has 20 heavy (non-hydrogen) atoms. The van der Waals surface area contributed by atoms with Crippen molar-refractivity contribution in [2.45, 2.75) is 12.3 Å². The molecule has 1 heterocycles. The number of fused-ring (bicyclic) bond motifs is 3. The molecule has 0 radical (unpaired) electrons. The van der Waals surface area contributed by atoms with E-state index in [2.05, 4.69) is 66.7 Å². The Labute approximate surface area is 118 Å². The quantitative estimate of drug-likeness (QED) is 0.613. The number of rotatable bonds is 1. The van der Waals surface area contributed by atoms with Gasteiger partial charge in [0, 0.05) is 16.9 Å². The van der Waals surface area contributed by atoms with Gasteiger partial charge in [-0.05, 0) is 17.4 Å². The molecular weight excluding hydrogens is 244 g/mol. The molecule has 3 aromatic rings. The fraction of sp³-hybridized carbons (Fsp3) is 0.158. The van der Waals surface area contributed by atoms with Crippen LogP contribution in [0.25, 0.3) is 10.8 Å². The monoisotopic (exact) mass is 260 g/mol. The fourth-order valence-electron chi connectivity index (χ4n) is 3.16. The average molecular weight is 260 g/mol. The van der Waals surface area contributed by atoms with Gasteiger partial charge in [-0.25, -0.2) is 0 Å². The largest absolute Gasteiger partial charge is 0.493 e. The van der Waals surface area contributed by atoms with E-state index in [9.17, 15) is 0 Å². The van der Waals surface area contributed by atoms with Crippen molar-refractivity contribution in [3.8, 4) is 5.75 Å². The summed E-state index contributed by atoms with van der Waals surface area (Å²) in [6.45, 7) is 0.792. The minimum absolute atomic E-state index is 0.449. The van der Waals surface area contributed by atoms with Crippen LogP contribution in [0.2, 0.25) is 0 Å². The van der Waals surface area contributed by atoms with E-state index in [0.29, 0.717) is 5.92 Å². The second-order valence-electron chi connectivity index (χ2n) is 5.31. The van der Waals surface area contributed by atoms with Gasteiger partial charge in [0.2, 0.25) is 0 Å². The van der Waals surface area contributed by atoms with Crippen molar-refractivity contribution in [3.63, 3.8) is 0 Å². The fourth-order valence-corrected chi connectivity index (χ4v) is 3.16. The summed E-state index contributed by atoms with van der Waals surface area (Å²) >= 11 is 0. The Morgan fingerprint density at radius 2 is 1.60 bits per heavy atom. The van der Waals surface area contributed by atoms with Crippen LogP contribution in [0.1, 0.15) is 23.5 Å². The molecule has 1 nitrogen and oxygen atoms in total. The molecule has 0 aliphatic carbocycles. The van der Waals surface area contributed by atoms with Gasteiger partial charge in [0.15, 0.2) is 0 Å². The van der Waals surface area contributed by atoms with Crippen LogP contribution < -0.4 is 4.74 Å². The zero-order valence-corrected chi connectivity index (χ0v) is 11.3. The lowest BCUT2D eigenvalue weighted by atomic mass is 9.85. The highest BCUT2D eigenvalue weighted by molar-refractivity contribution is 5.90. The Hall–Kier alpha value is -2.28. The summed E-state index contributed by atoms with van der Waals surface area (Å²) in [7, 11) is 0. The van der Waals surface area contributed by atoms with Crippen molar-refractivity contribution in [1.82, 2.24) is 0 Å². The standard InChI is InChI=1S/C19H16O/c1-2-6-14(7-3-1)16-12-13-20-19-17-9-5-4-8-15(17)10-11-18(16)19/h1-11,16H,12-13H2/t16-/m0/s1. The Kier molecular flexibility index (Phi) is 2.70. The first kappa shape index (κ1) is 11.5. The zero-order chi connectivity index (χ0) is 13.4. The maximum atomic E-state index is 5.99. The second-order valence-corrected chi connectivity index (χ2v) is 5.31. The molecule has 0 saturated heterocycles. The van der Waals surface area contributed by atoms with Crippen molar-refractivity contribution in [3.05, 3.63) is 77.9 Å². The highest BCUT2D eigenvalue weighted by Crippen LogP contribution is 2.41. The van der Waals surface area contributed by atoms with Crippen molar-refractivity contribution in [2.24, 2.45) is 0 Å². The van der Waals surface area contributed by atoms with Crippen LogP contribution in [0.15, 0.2) is 66.7 Å². The van der Waals surface area contributed by atoms with Crippen molar-refractivity contribution < 1.29 is 4.74 Å². The van der Waals surface area contributed by atoms with Gasteiger partial charge in [0.1, 0.15) is 5.75 Å². The van der Waals surface area contributed by atoms with Gasteiger partial charge >= 0.3 is 0 Å². The number of benzene rings is 3. The first-order valence-corrected chi connectivity index (χ1v) is 7.13. The van der Waals surface area contributed by atoms with Crippen LogP contribution in [-0.4, -0.2) is 6.61 Å². The molecule has 0 amide bonds. The van der Waals surface area contributed by atoms with Gasteiger partial charge in [-0.1, -0.05) is 66.7 Å². The molecule has 4 rings (SSSR count). The summed E-state index contributed by atoms with van der Waals surface area (Å²) < 4.78 is 5.99. The third kappa shape index (κ3) is 1.78. The third-order valence-electron chi connectivity index (χ3n) is 4.14. The lowest BCUT2D eigenvalue weighted by molar-refractivity contribution is 0.280. The molecule has 0 saturated carbocycles. The minimum atomic E-state index is 0.449. The topological polar surface area (TPSA) is 9.23 Å². The molecule has 0 aromatic heterocycles. The predicted molar refractivity (Wildman–Crippen MR) is 82.3 cm³/mol. The van der Waals surface area contributed by atoms with Crippen LogP contribution in [0.3, 0.4) is 0 Å². The Bertz CT molecular complexity index is 746. The summed E-state index contributed by atoms with van der Waals surface area (Å²) in [5, 5.41) is 2.48. The first-order chi connectivity index (χ1) is 9.93. The molecule has 0 bridgehead atoms. The van der Waals surface area contributed by atoms with Gasteiger partial charge in [0.25, 0.3) is 0 Å². The van der Waals surface area contributed by atoms with Gasteiger partial charge in [0.05, 0.1) is 6.61 Å². The Balaban J connectivity index is 1.92. The molecule has 1 heteroatoms. The zero-order valence-electron chi connectivity index (χ0n) is 11.3. The van der Waals surface area contributed by atoms with Crippen molar-refractivity contribution >= 4 is 10.8 Å². The number of hydrogen-bond donors (Lipinski definition) is 0. The van der Waals surface area contributed by atoms with Gasteiger partial charge < -0.3 is 4.74 Å². The normalized spacial score (nSPS) is 17.5. The van der Waals surface area contributed by atoms with E-state index in [0.717, 1.165) is 18.8 Å². The molecule has 1 atom stereocenters. The van der Waals surface area contributed by atoms with Crippen LogP contribution >= 0.6 is 0 Å². The first-order valence-electron chi connectivity index (χ1n) is 7.13. The third-order valence-corrected chi connectivity index (χ3v) is 4.14. The maximum Gasteiger partial charge on any atom is 0.130 e. The van der Waals surface area contributed by atoms with E-state index in [-0.39, 0.29) is 0 Å². The summed E-state index contributed by atoms with van der Waals surface area (Å²) in [4.78, 5) is 0. The predicted octanol–water partition coefficient (Wildman–Crippen LogP) is 4.75. The molecule has 3 aromatic carbocycles. The van der Waals surface area contributed by atoms with E-state index in [1.807, 2.05) is 0 Å². The molecule has 0 fully saturated rings. The van der Waals surface area contributed by atoms with E-state index in [1.54, 1.807) is 0 Å². The second kappa shape index (κ2) is 4.68. The average Bonchev–Trinajstić information content (AvgIpc) is 2.55. The summed E-state index contributed by atoms with van der Waals surface area (Å²) in [5.74, 6) is 1.52. The lowest BCUT2D eigenvalue weighted by Crippen LogP contribution is -2.15. The SMILES string of the molecule is c1ccc([C@@H]2CCOc3c2ccc2ccccc32)cc1. The highest BCUT2D eigenvalue weighted by Gasteiger charge is 2.24. The van der Waals surface area contributed by atoms with Crippen LogP contribution in [0.4, 0.5) is 0 Å². The van der Waals surface area contributed by atoms with Crippen LogP contribution in [0, 0.1) is 0 Å². The van der Waals surface area contributed by atoms with Gasteiger partial charge in [-0.15, -0.1) is 0 Å². The lowest BCUT2D eigenvalue weighted by Gasteiger charge is -2.27. The Morgan fingerprint density at radius 1 is 0.800 bits per heavy atom. The van der Waals surface area contributed by atoms with Crippen LogP contribution in [0.5, 0.6) is 5.75 Å². The van der Waals surface area contributed by atoms with E-state index >= 15 is 0 Å². The summed E-state index contributed by atoms with van der Waals surface area (Å²) in [5.41, 5.74) is 2.70. The maximum absolute atomic E-state index is 5.99. The van der Waals surface area contributed by atoms with Gasteiger partial charge in [-0.3, -0.25) is 0 Å². The highest BCUT2D eigenvalue weighted by atomic mass is 16.5. The summed E-state index contributed by atoms with van der Waals surface area (Å²) in [6.07, 6.45) is 1.05. The minimum Gasteiger partial charge on any atom is -0.493 e. The molecule has 0 unspecified atom stereocenters. The van der Waals surface area contributed by atoms with Gasteiger partial charge in [-0.2, -0.15) is 0 Å². The van der Waals surface area contributed by atoms with Crippen molar-refractivity contribution in [2.75, 3.05) is 6.61 Å². The van der Waals surface area contributed by atoms with E-state index < -0.39 is 0 Å².